The van der Waals surface area contributed by atoms with Crippen LogP contribution in [0.4, 0.5) is 0 Å². The molecule has 24 heavy (non-hydrogen) atoms. The summed E-state index contributed by atoms with van der Waals surface area (Å²) in [6, 6.07) is 19.7. The highest BCUT2D eigenvalue weighted by molar-refractivity contribution is 5.14. The molecular weight excluding hydrogens is 302 g/mol. The predicted octanol–water partition coefficient (Wildman–Crippen LogP) is 2.64. The molecule has 1 fully saturated rings. The van der Waals surface area contributed by atoms with Crippen LogP contribution in [-0.2, 0) is 22.7 Å². The quantitative estimate of drug-likeness (QED) is 0.856. The largest absolute Gasteiger partial charge is 0.389 e. The molecule has 0 bridgehead atoms. The summed E-state index contributed by atoms with van der Waals surface area (Å²) in [7, 11) is 0. The third-order valence-corrected chi connectivity index (χ3v) is 4.49. The second-order valence-electron chi connectivity index (χ2n) is 6.38. The normalized spacial score (nSPS) is 27.1. The minimum Gasteiger partial charge on any atom is -0.389 e. The van der Waals surface area contributed by atoms with Gasteiger partial charge < -0.3 is 20.3 Å². The van der Waals surface area contributed by atoms with E-state index in [1.54, 1.807) is 0 Å². The summed E-state index contributed by atoms with van der Waals surface area (Å²) in [6.07, 6.45) is 0.373. The number of nitrogens with two attached hydrogens (primary N) is 1. The third-order valence-electron chi connectivity index (χ3n) is 4.49. The van der Waals surface area contributed by atoms with Crippen LogP contribution in [0.1, 0.15) is 24.0 Å². The number of hydrogen-bond acceptors (Lipinski definition) is 4. The number of benzene rings is 2. The SMILES string of the molecule is N[C@@H]1C[C@H](OCc2ccccc2)C[C@@H](OCc2ccccc2)[C@H]1O. The van der Waals surface area contributed by atoms with E-state index in [1.165, 1.54) is 0 Å². The summed E-state index contributed by atoms with van der Waals surface area (Å²) < 4.78 is 11.9. The van der Waals surface area contributed by atoms with Crippen LogP contribution in [0.25, 0.3) is 0 Å². The van der Waals surface area contributed by atoms with Crippen LogP contribution in [0.2, 0.25) is 0 Å². The molecule has 0 radical (unpaired) electrons. The maximum Gasteiger partial charge on any atom is 0.0954 e. The molecule has 0 heterocycles. The lowest BCUT2D eigenvalue weighted by molar-refractivity contribution is -0.118. The maximum atomic E-state index is 10.3. The van der Waals surface area contributed by atoms with Crippen LogP contribution in [0.3, 0.4) is 0 Å². The number of rotatable bonds is 6. The minimum atomic E-state index is -0.648. The van der Waals surface area contributed by atoms with E-state index in [-0.39, 0.29) is 18.2 Å². The first-order chi connectivity index (χ1) is 11.7. The average Bonchev–Trinajstić information content (AvgIpc) is 2.63. The van der Waals surface area contributed by atoms with E-state index in [4.69, 9.17) is 15.2 Å². The fourth-order valence-corrected chi connectivity index (χ4v) is 3.08. The monoisotopic (exact) mass is 327 g/mol. The van der Waals surface area contributed by atoms with E-state index >= 15 is 0 Å². The minimum absolute atomic E-state index is 0.00406. The van der Waals surface area contributed by atoms with Crippen LogP contribution >= 0.6 is 0 Å². The molecule has 3 rings (SSSR count). The van der Waals surface area contributed by atoms with Gasteiger partial charge in [-0.15, -0.1) is 0 Å². The Morgan fingerprint density at radius 3 is 1.96 bits per heavy atom. The van der Waals surface area contributed by atoms with Crippen LogP contribution in [0, 0.1) is 0 Å². The molecule has 2 aromatic rings. The zero-order chi connectivity index (χ0) is 16.8. The van der Waals surface area contributed by atoms with Gasteiger partial charge in [-0.3, -0.25) is 0 Å². The van der Waals surface area contributed by atoms with Crippen molar-refractivity contribution in [2.75, 3.05) is 0 Å². The van der Waals surface area contributed by atoms with Crippen LogP contribution in [0.5, 0.6) is 0 Å². The van der Waals surface area contributed by atoms with E-state index in [0.29, 0.717) is 26.1 Å². The van der Waals surface area contributed by atoms with Gasteiger partial charge in [-0.25, -0.2) is 0 Å². The Kier molecular flexibility index (Phi) is 5.99. The van der Waals surface area contributed by atoms with Gasteiger partial charge in [-0.2, -0.15) is 0 Å². The Balaban J connectivity index is 1.53. The van der Waals surface area contributed by atoms with Gasteiger partial charge in [0.25, 0.3) is 0 Å². The fraction of sp³-hybridized carbons (Fsp3) is 0.400. The molecule has 0 spiro atoms. The molecule has 4 atom stereocenters. The third kappa shape index (κ3) is 4.65. The fourth-order valence-electron chi connectivity index (χ4n) is 3.08. The number of hydrogen-bond donors (Lipinski definition) is 2. The smallest absolute Gasteiger partial charge is 0.0954 e. The summed E-state index contributed by atoms with van der Waals surface area (Å²) >= 11 is 0. The van der Waals surface area contributed by atoms with Crippen molar-refractivity contribution in [1.29, 1.82) is 0 Å². The van der Waals surface area contributed by atoms with E-state index < -0.39 is 6.10 Å². The lowest BCUT2D eigenvalue weighted by Gasteiger charge is -2.37. The van der Waals surface area contributed by atoms with Crippen LogP contribution < -0.4 is 5.73 Å². The molecule has 0 aromatic heterocycles. The van der Waals surface area contributed by atoms with Gasteiger partial charge in [0.2, 0.25) is 0 Å². The average molecular weight is 327 g/mol. The molecule has 1 aliphatic carbocycles. The van der Waals surface area contributed by atoms with Crippen molar-refractivity contribution in [1.82, 2.24) is 0 Å². The summed E-state index contributed by atoms with van der Waals surface area (Å²) in [5.74, 6) is 0. The Labute approximate surface area is 143 Å². The molecular formula is C20H25NO3. The van der Waals surface area contributed by atoms with Crippen molar-refractivity contribution < 1.29 is 14.6 Å². The summed E-state index contributed by atoms with van der Waals surface area (Å²) in [6.45, 7) is 1.03. The van der Waals surface area contributed by atoms with E-state index in [2.05, 4.69) is 0 Å². The molecule has 4 nitrogen and oxygen atoms in total. The van der Waals surface area contributed by atoms with Gasteiger partial charge in [0, 0.05) is 12.5 Å². The molecule has 0 aliphatic heterocycles. The van der Waals surface area contributed by atoms with Crippen molar-refractivity contribution in [3.05, 3.63) is 71.8 Å². The number of aliphatic hydroxyl groups is 1. The van der Waals surface area contributed by atoms with Crippen LogP contribution in [0.15, 0.2) is 60.7 Å². The second-order valence-corrected chi connectivity index (χ2v) is 6.38. The lowest BCUT2D eigenvalue weighted by Crippen LogP contribution is -2.52. The van der Waals surface area contributed by atoms with Crippen molar-refractivity contribution >= 4 is 0 Å². The Morgan fingerprint density at radius 2 is 1.38 bits per heavy atom. The van der Waals surface area contributed by atoms with Crippen molar-refractivity contribution in [2.24, 2.45) is 5.73 Å². The molecule has 1 saturated carbocycles. The topological polar surface area (TPSA) is 64.7 Å². The van der Waals surface area contributed by atoms with Gasteiger partial charge >= 0.3 is 0 Å². The molecule has 128 valence electrons. The van der Waals surface area contributed by atoms with Crippen molar-refractivity contribution in [3.8, 4) is 0 Å². The maximum absolute atomic E-state index is 10.3. The Bertz CT molecular complexity index is 605. The van der Waals surface area contributed by atoms with Gasteiger partial charge in [-0.1, -0.05) is 60.7 Å². The molecule has 2 aromatic carbocycles. The van der Waals surface area contributed by atoms with E-state index in [1.807, 2.05) is 60.7 Å². The molecule has 0 amide bonds. The second kappa shape index (κ2) is 8.40. The van der Waals surface area contributed by atoms with Crippen molar-refractivity contribution in [3.63, 3.8) is 0 Å². The summed E-state index contributed by atoms with van der Waals surface area (Å²) in [4.78, 5) is 0. The molecule has 0 unspecified atom stereocenters. The first kappa shape index (κ1) is 17.1. The summed E-state index contributed by atoms with van der Waals surface area (Å²) in [5.41, 5.74) is 8.31. The first-order valence-corrected chi connectivity index (χ1v) is 8.47. The predicted molar refractivity (Wildman–Crippen MR) is 93.3 cm³/mol. The molecule has 3 N–H and O–H groups in total. The highest BCUT2D eigenvalue weighted by atomic mass is 16.5. The van der Waals surface area contributed by atoms with Gasteiger partial charge in [-0.05, 0) is 17.5 Å². The van der Waals surface area contributed by atoms with Crippen LogP contribution in [-0.4, -0.2) is 29.5 Å². The summed E-state index contributed by atoms with van der Waals surface area (Å²) in [5, 5.41) is 10.3. The number of ether oxygens (including phenoxy) is 2. The lowest BCUT2D eigenvalue weighted by atomic mass is 9.88. The standard InChI is InChI=1S/C20H25NO3/c21-18-11-17(23-13-15-7-3-1-4-8-15)12-19(20(18)22)24-14-16-9-5-2-6-10-16/h1-10,17-20,22H,11-14,21H2/t17-,18+,19+,20-/m0/s1. The van der Waals surface area contributed by atoms with Gasteiger partial charge in [0.05, 0.1) is 31.5 Å². The molecule has 0 saturated heterocycles. The van der Waals surface area contributed by atoms with Gasteiger partial charge in [0.15, 0.2) is 0 Å². The van der Waals surface area contributed by atoms with Crippen molar-refractivity contribution in [2.45, 2.75) is 50.4 Å². The van der Waals surface area contributed by atoms with Gasteiger partial charge in [0.1, 0.15) is 0 Å². The first-order valence-electron chi connectivity index (χ1n) is 8.47. The Hall–Kier alpha value is -1.72. The number of aliphatic hydroxyl groups excluding tert-OH is 1. The zero-order valence-corrected chi connectivity index (χ0v) is 13.8. The molecule has 1 aliphatic rings. The van der Waals surface area contributed by atoms with E-state index in [0.717, 1.165) is 11.1 Å². The van der Waals surface area contributed by atoms with E-state index in [9.17, 15) is 5.11 Å². The zero-order valence-electron chi connectivity index (χ0n) is 13.8. The molecule has 4 heteroatoms. The highest BCUT2D eigenvalue weighted by Crippen LogP contribution is 2.25. The highest BCUT2D eigenvalue weighted by Gasteiger charge is 2.36. The Morgan fingerprint density at radius 1 is 0.833 bits per heavy atom.